The molecule has 4 aliphatic carbocycles. The van der Waals surface area contributed by atoms with Gasteiger partial charge in [-0.1, -0.05) is 12.1 Å². The van der Waals surface area contributed by atoms with Crippen molar-refractivity contribution in [2.24, 2.45) is 23.2 Å². The lowest BCUT2D eigenvalue weighted by Gasteiger charge is -2.56. The molecule has 1 aromatic carbocycles. The minimum Gasteiger partial charge on any atom is -0.351 e. The second-order valence-corrected chi connectivity index (χ2v) is 8.14. The van der Waals surface area contributed by atoms with Crippen LogP contribution in [0.4, 0.5) is 13.2 Å². The fraction of sp³-hybridized carbons (Fsp3) is 0.632. The highest BCUT2D eigenvalue weighted by Crippen LogP contribution is 2.59. The lowest BCUT2D eigenvalue weighted by molar-refractivity contribution is -0.137. The van der Waals surface area contributed by atoms with Crippen LogP contribution in [0.25, 0.3) is 0 Å². The van der Waals surface area contributed by atoms with E-state index in [1.165, 1.54) is 37.5 Å². The summed E-state index contributed by atoms with van der Waals surface area (Å²) < 4.78 is 39.2. The summed E-state index contributed by atoms with van der Waals surface area (Å²) in [6, 6.07) is 5.03. The Kier molecular flexibility index (Phi) is 3.66. The molecule has 0 aromatic heterocycles. The van der Waals surface area contributed by atoms with E-state index in [0.717, 1.165) is 43.1 Å². The molecule has 4 fully saturated rings. The molecule has 0 radical (unpaired) electrons. The zero-order valence-corrected chi connectivity index (χ0v) is 13.5. The van der Waals surface area contributed by atoms with Gasteiger partial charge in [-0.2, -0.15) is 13.2 Å². The Balaban J connectivity index is 1.48. The van der Waals surface area contributed by atoms with E-state index < -0.39 is 17.6 Å². The number of carbonyl (C=O) groups excluding carboxylic acids is 1. The van der Waals surface area contributed by atoms with Crippen LogP contribution in [0.15, 0.2) is 24.3 Å². The Labute approximate surface area is 139 Å². The number of alkyl halides is 3. The molecule has 0 unspecified atom stereocenters. The number of hydrogen-bond acceptors (Lipinski definition) is 1. The molecule has 2 nitrogen and oxygen atoms in total. The molecule has 1 amide bonds. The molecule has 24 heavy (non-hydrogen) atoms. The summed E-state index contributed by atoms with van der Waals surface area (Å²) in [5, 5.41) is 2.83. The molecule has 1 N–H and O–H groups in total. The number of benzene rings is 1. The van der Waals surface area contributed by atoms with Gasteiger partial charge in [0.05, 0.1) is 11.1 Å². The maximum atomic E-state index is 13.1. The predicted molar refractivity (Wildman–Crippen MR) is 84.4 cm³/mol. The fourth-order valence-electron chi connectivity index (χ4n) is 5.80. The maximum Gasteiger partial charge on any atom is 0.417 e. The lowest BCUT2D eigenvalue weighted by atomic mass is 9.49. The fourth-order valence-corrected chi connectivity index (χ4v) is 5.80. The molecule has 0 heterocycles. The van der Waals surface area contributed by atoms with Crippen LogP contribution in [0.1, 0.15) is 54.4 Å². The molecule has 4 aliphatic rings. The third-order valence-corrected chi connectivity index (χ3v) is 6.27. The van der Waals surface area contributed by atoms with E-state index in [2.05, 4.69) is 5.32 Å². The van der Waals surface area contributed by atoms with Crippen LogP contribution in [0, 0.1) is 23.2 Å². The third-order valence-electron chi connectivity index (χ3n) is 6.27. The van der Waals surface area contributed by atoms with Gasteiger partial charge in [0, 0.05) is 6.54 Å². The molecule has 4 bridgehead atoms. The van der Waals surface area contributed by atoms with Crippen molar-refractivity contribution in [2.45, 2.75) is 44.7 Å². The topological polar surface area (TPSA) is 29.1 Å². The molecule has 1 aromatic rings. The monoisotopic (exact) mass is 337 g/mol. The molecule has 0 saturated heterocycles. The maximum absolute atomic E-state index is 13.1. The van der Waals surface area contributed by atoms with Gasteiger partial charge in [-0.15, -0.1) is 0 Å². The van der Waals surface area contributed by atoms with Crippen molar-refractivity contribution in [3.8, 4) is 0 Å². The van der Waals surface area contributed by atoms with Gasteiger partial charge in [-0.25, -0.2) is 0 Å². The Bertz CT molecular complexity index is 617. The van der Waals surface area contributed by atoms with Gasteiger partial charge in [0.2, 0.25) is 0 Å². The summed E-state index contributed by atoms with van der Waals surface area (Å²) in [5.74, 6) is 1.68. The summed E-state index contributed by atoms with van der Waals surface area (Å²) >= 11 is 0. The van der Waals surface area contributed by atoms with E-state index >= 15 is 0 Å². The minimum atomic E-state index is -4.51. The highest BCUT2D eigenvalue weighted by Gasteiger charge is 2.50. The van der Waals surface area contributed by atoms with Crippen molar-refractivity contribution in [1.29, 1.82) is 0 Å². The van der Waals surface area contributed by atoms with E-state index in [9.17, 15) is 18.0 Å². The highest BCUT2D eigenvalue weighted by atomic mass is 19.4. The first-order valence-electron chi connectivity index (χ1n) is 8.79. The Morgan fingerprint density at radius 3 is 2.12 bits per heavy atom. The van der Waals surface area contributed by atoms with E-state index in [-0.39, 0.29) is 11.0 Å². The molecule has 130 valence electrons. The van der Waals surface area contributed by atoms with Gasteiger partial charge in [0.25, 0.3) is 5.91 Å². The van der Waals surface area contributed by atoms with Crippen molar-refractivity contribution in [2.75, 3.05) is 6.54 Å². The van der Waals surface area contributed by atoms with Crippen LogP contribution >= 0.6 is 0 Å². The average molecular weight is 337 g/mol. The third kappa shape index (κ3) is 2.82. The van der Waals surface area contributed by atoms with Crippen molar-refractivity contribution < 1.29 is 18.0 Å². The number of halogens is 3. The zero-order chi connectivity index (χ0) is 16.9. The van der Waals surface area contributed by atoms with Crippen LogP contribution in [-0.2, 0) is 6.18 Å². The van der Waals surface area contributed by atoms with E-state index in [1.54, 1.807) is 0 Å². The second kappa shape index (κ2) is 5.50. The van der Waals surface area contributed by atoms with E-state index in [4.69, 9.17) is 0 Å². The number of hydrogen-bond donors (Lipinski definition) is 1. The minimum absolute atomic E-state index is 0.123. The predicted octanol–water partition coefficient (Wildman–Crippen LogP) is 4.65. The molecule has 5 heteroatoms. The normalized spacial score (nSPS) is 34.4. The van der Waals surface area contributed by atoms with Crippen molar-refractivity contribution in [1.82, 2.24) is 5.32 Å². The molecule has 5 rings (SSSR count). The number of nitrogens with one attached hydrogen (secondary N) is 1. The van der Waals surface area contributed by atoms with Crippen molar-refractivity contribution >= 4 is 5.91 Å². The first kappa shape index (κ1) is 16.0. The van der Waals surface area contributed by atoms with Crippen LogP contribution in [0.5, 0.6) is 0 Å². The molecular weight excluding hydrogens is 315 g/mol. The Hall–Kier alpha value is -1.52. The highest BCUT2D eigenvalue weighted by molar-refractivity contribution is 5.95. The summed E-state index contributed by atoms with van der Waals surface area (Å²) in [4.78, 5) is 12.4. The van der Waals surface area contributed by atoms with Gasteiger partial charge in [0.15, 0.2) is 0 Å². The molecule has 0 atom stereocenters. The van der Waals surface area contributed by atoms with Gasteiger partial charge in [-0.05, 0) is 73.8 Å². The molecule has 0 aliphatic heterocycles. The molecule has 0 spiro atoms. The lowest BCUT2D eigenvalue weighted by Crippen LogP contribution is -2.51. The molecular formula is C19H22F3NO. The van der Waals surface area contributed by atoms with Gasteiger partial charge in [0.1, 0.15) is 0 Å². The first-order valence-corrected chi connectivity index (χ1v) is 8.79. The van der Waals surface area contributed by atoms with Gasteiger partial charge < -0.3 is 5.32 Å². The van der Waals surface area contributed by atoms with Crippen LogP contribution in [0.3, 0.4) is 0 Å². The number of amides is 1. The van der Waals surface area contributed by atoms with Crippen molar-refractivity contribution in [3.05, 3.63) is 35.4 Å². The average Bonchev–Trinajstić information content (AvgIpc) is 2.50. The zero-order valence-electron chi connectivity index (χ0n) is 13.5. The largest absolute Gasteiger partial charge is 0.417 e. The quantitative estimate of drug-likeness (QED) is 0.854. The second-order valence-electron chi connectivity index (χ2n) is 8.14. The first-order chi connectivity index (χ1) is 11.3. The Morgan fingerprint density at radius 1 is 1.04 bits per heavy atom. The van der Waals surface area contributed by atoms with E-state index in [0.29, 0.717) is 6.54 Å². The summed E-state index contributed by atoms with van der Waals surface area (Å²) in [7, 11) is 0. The SMILES string of the molecule is O=C(NCC12CC3CC(CC(C3)C1)C2)c1ccccc1C(F)(F)F. The van der Waals surface area contributed by atoms with Crippen LogP contribution in [0.2, 0.25) is 0 Å². The van der Waals surface area contributed by atoms with Crippen LogP contribution < -0.4 is 5.32 Å². The summed E-state index contributed by atoms with van der Waals surface area (Å²) in [6.45, 7) is 0.515. The Morgan fingerprint density at radius 2 is 1.58 bits per heavy atom. The summed E-state index contributed by atoms with van der Waals surface area (Å²) in [6.07, 6.45) is 2.80. The number of rotatable bonds is 3. The van der Waals surface area contributed by atoms with Gasteiger partial charge >= 0.3 is 6.18 Å². The standard InChI is InChI=1S/C19H22F3NO/c20-19(21,22)16-4-2-1-3-15(16)17(24)23-11-18-8-12-5-13(9-18)7-14(6-12)10-18/h1-4,12-14H,5-11H2,(H,23,24). The van der Waals surface area contributed by atoms with Crippen molar-refractivity contribution in [3.63, 3.8) is 0 Å². The molecule has 4 saturated carbocycles. The smallest absolute Gasteiger partial charge is 0.351 e. The summed E-state index contributed by atoms with van der Waals surface area (Å²) in [5.41, 5.74) is -1.000. The van der Waals surface area contributed by atoms with E-state index in [1.807, 2.05) is 0 Å². The van der Waals surface area contributed by atoms with Gasteiger partial charge in [-0.3, -0.25) is 4.79 Å². The number of carbonyl (C=O) groups is 1. The van der Waals surface area contributed by atoms with Crippen LogP contribution in [-0.4, -0.2) is 12.5 Å².